The molecule has 0 saturated carbocycles. The molecule has 208 valence electrons. The molecule has 2 aliphatic rings. The molecule has 2 N–H and O–H groups in total. The lowest BCUT2D eigenvalue weighted by molar-refractivity contribution is 0.978. The van der Waals surface area contributed by atoms with Gasteiger partial charge in [0.1, 0.15) is 0 Å². The van der Waals surface area contributed by atoms with Gasteiger partial charge in [-0.05, 0) is 77.3 Å². The third-order valence-electron chi connectivity index (χ3n) is 9.26. The van der Waals surface area contributed by atoms with Crippen molar-refractivity contribution >= 4 is 55.8 Å². The summed E-state index contributed by atoms with van der Waals surface area (Å²) in [6.45, 7) is 0.857. The molecule has 0 saturated heterocycles. The van der Waals surface area contributed by atoms with Crippen LogP contribution in [0.4, 0.5) is 11.4 Å². The average molecular weight is 563 g/mol. The Labute approximate surface area is 257 Å². The van der Waals surface area contributed by atoms with Gasteiger partial charge in [0.15, 0.2) is 0 Å². The molecule has 2 nitrogen and oxygen atoms in total. The second-order valence-electron chi connectivity index (χ2n) is 11.8. The van der Waals surface area contributed by atoms with Crippen LogP contribution in [-0.4, -0.2) is 6.54 Å². The van der Waals surface area contributed by atoms with Gasteiger partial charge in [-0.3, -0.25) is 0 Å². The highest BCUT2D eigenvalue weighted by Gasteiger charge is 2.21. The number of rotatable bonds is 3. The molecule has 0 amide bonds. The van der Waals surface area contributed by atoms with Gasteiger partial charge in [-0.1, -0.05) is 146 Å². The molecule has 2 heteroatoms. The fourth-order valence-electron chi connectivity index (χ4n) is 7.16. The van der Waals surface area contributed by atoms with Gasteiger partial charge in [0.2, 0.25) is 0 Å². The molecule has 0 fully saturated rings. The van der Waals surface area contributed by atoms with Gasteiger partial charge in [0.25, 0.3) is 0 Å². The maximum absolute atomic E-state index is 3.81. The van der Waals surface area contributed by atoms with Crippen LogP contribution in [0.2, 0.25) is 0 Å². The maximum Gasteiger partial charge on any atom is 0.0702 e. The van der Waals surface area contributed by atoms with Gasteiger partial charge in [-0.2, -0.15) is 0 Å². The zero-order valence-corrected chi connectivity index (χ0v) is 24.2. The molecule has 1 atom stereocenters. The normalized spacial score (nSPS) is 15.1. The summed E-state index contributed by atoms with van der Waals surface area (Å²) < 4.78 is 0. The van der Waals surface area contributed by atoms with Crippen LogP contribution in [0.25, 0.3) is 66.7 Å². The van der Waals surface area contributed by atoms with E-state index in [0.717, 1.165) is 6.54 Å². The number of fused-ring (bicyclic) bond motifs is 6. The first-order chi connectivity index (χ1) is 21.8. The van der Waals surface area contributed by atoms with Crippen molar-refractivity contribution in [1.29, 1.82) is 0 Å². The van der Waals surface area contributed by atoms with Crippen LogP contribution in [0, 0.1) is 0 Å². The first kappa shape index (κ1) is 24.9. The zero-order chi connectivity index (χ0) is 29.0. The van der Waals surface area contributed by atoms with E-state index in [1.807, 2.05) is 0 Å². The van der Waals surface area contributed by atoms with Crippen molar-refractivity contribution in [1.82, 2.24) is 0 Å². The molecular formula is C42H30N2. The quantitative estimate of drug-likeness (QED) is 0.209. The van der Waals surface area contributed by atoms with E-state index < -0.39 is 0 Å². The Morgan fingerprint density at radius 2 is 1.09 bits per heavy atom. The summed E-state index contributed by atoms with van der Waals surface area (Å²) >= 11 is 0. The molecule has 7 aromatic rings. The molecule has 9 rings (SSSR count). The number of hydrogen-bond donors (Lipinski definition) is 2. The van der Waals surface area contributed by atoms with Gasteiger partial charge in [0.05, 0.1) is 17.4 Å². The van der Waals surface area contributed by atoms with Crippen LogP contribution < -0.4 is 10.6 Å². The maximum atomic E-state index is 3.81. The predicted molar refractivity (Wildman–Crippen MR) is 189 cm³/mol. The SMILES string of the molecule is C1=Cc2ccc3c(c2NC1)NC(c1ccc(-c2c4ccccc4c(-c4ccc5ccccc5c4)c4ccccc24)cc1)C=C3. The van der Waals surface area contributed by atoms with E-state index in [9.17, 15) is 0 Å². The van der Waals surface area contributed by atoms with E-state index in [1.54, 1.807) is 0 Å². The summed E-state index contributed by atoms with van der Waals surface area (Å²) in [6.07, 6.45) is 8.89. The highest BCUT2D eigenvalue weighted by molar-refractivity contribution is 6.21. The largest absolute Gasteiger partial charge is 0.379 e. The minimum atomic E-state index is 0.111. The van der Waals surface area contributed by atoms with Crippen molar-refractivity contribution in [3.63, 3.8) is 0 Å². The fraction of sp³-hybridized carbons (Fsp3) is 0.0476. The van der Waals surface area contributed by atoms with Crippen molar-refractivity contribution in [3.8, 4) is 22.3 Å². The van der Waals surface area contributed by atoms with E-state index >= 15 is 0 Å². The second kappa shape index (κ2) is 10.00. The number of hydrogen-bond acceptors (Lipinski definition) is 2. The van der Waals surface area contributed by atoms with Gasteiger partial charge in [-0.25, -0.2) is 0 Å². The molecule has 0 aromatic heterocycles. The minimum absolute atomic E-state index is 0.111. The summed E-state index contributed by atoms with van der Waals surface area (Å²) in [5.41, 5.74) is 11.2. The number of anilines is 2. The molecule has 0 radical (unpaired) electrons. The van der Waals surface area contributed by atoms with Gasteiger partial charge in [0, 0.05) is 6.54 Å². The molecular weight excluding hydrogens is 532 g/mol. The Bertz CT molecular complexity index is 2250. The predicted octanol–water partition coefficient (Wildman–Crippen LogP) is 11.1. The van der Waals surface area contributed by atoms with Crippen molar-refractivity contribution in [2.45, 2.75) is 6.04 Å². The standard InChI is InChI=1S/C42H30N2/c1-2-9-32-26-33(22-15-27(32)8-1)40-36-13-5-3-11-34(36)39(35-12-4-6-14-37(35)40)29-18-16-28(17-19-29)38-24-23-31-21-20-30-10-7-25-43-41(30)42(31)44-38/h1-24,26,38,43-44H,25H2. The van der Waals surface area contributed by atoms with E-state index in [2.05, 4.69) is 162 Å². The molecule has 0 spiro atoms. The van der Waals surface area contributed by atoms with Crippen LogP contribution in [0.15, 0.2) is 140 Å². The minimum Gasteiger partial charge on any atom is -0.379 e. The molecule has 1 unspecified atom stereocenters. The number of nitrogens with one attached hydrogen (secondary N) is 2. The summed E-state index contributed by atoms with van der Waals surface area (Å²) in [7, 11) is 0. The van der Waals surface area contributed by atoms with E-state index in [4.69, 9.17) is 0 Å². The Balaban J connectivity index is 1.16. The first-order valence-electron chi connectivity index (χ1n) is 15.4. The summed E-state index contributed by atoms with van der Waals surface area (Å²) in [5.74, 6) is 0. The lowest BCUT2D eigenvalue weighted by Crippen LogP contribution is -2.16. The van der Waals surface area contributed by atoms with Gasteiger partial charge < -0.3 is 10.6 Å². The highest BCUT2D eigenvalue weighted by Crippen LogP contribution is 2.45. The smallest absolute Gasteiger partial charge is 0.0702 e. The summed E-state index contributed by atoms with van der Waals surface area (Å²) in [4.78, 5) is 0. The van der Waals surface area contributed by atoms with E-state index in [1.165, 1.54) is 82.6 Å². The topological polar surface area (TPSA) is 24.1 Å². The van der Waals surface area contributed by atoms with E-state index in [-0.39, 0.29) is 6.04 Å². The molecule has 7 aromatic carbocycles. The monoisotopic (exact) mass is 562 g/mol. The summed E-state index contributed by atoms with van der Waals surface area (Å²) in [6, 6.07) is 46.9. The van der Waals surface area contributed by atoms with Crippen LogP contribution in [-0.2, 0) is 0 Å². The highest BCUT2D eigenvalue weighted by atomic mass is 15.0. The van der Waals surface area contributed by atoms with Crippen molar-refractivity contribution in [2.75, 3.05) is 17.2 Å². The van der Waals surface area contributed by atoms with Crippen molar-refractivity contribution in [3.05, 3.63) is 156 Å². The molecule has 0 bridgehead atoms. The lowest BCUT2D eigenvalue weighted by atomic mass is 9.85. The molecule has 2 heterocycles. The Hall–Kier alpha value is -5.60. The van der Waals surface area contributed by atoms with Crippen molar-refractivity contribution < 1.29 is 0 Å². The van der Waals surface area contributed by atoms with Crippen LogP contribution in [0.5, 0.6) is 0 Å². The second-order valence-corrected chi connectivity index (χ2v) is 11.8. The third kappa shape index (κ3) is 3.95. The molecule has 44 heavy (non-hydrogen) atoms. The molecule has 0 aliphatic carbocycles. The average Bonchev–Trinajstić information content (AvgIpc) is 3.10. The molecule has 2 aliphatic heterocycles. The van der Waals surface area contributed by atoms with Gasteiger partial charge >= 0.3 is 0 Å². The Morgan fingerprint density at radius 1 is 0.500 bits per heavy atom. The third-order valence-corrected chi connectivity index (χ3v) is 9.26. The number of benzene rings is 7. The lowest BCUT2D eigenvalue weighted by Gasteiger charge is -2.27. The summed E-state index contributed by atoms with van der Waals surface area (Å²) in [5, 5.41) is 15.0. The first-order valence-corrected chi connectivity index (χ1v) is 15.4. The van der Waals surface area contributed by atoms with Crippen LogP contribution in [0.3, 0.4) is 0 Å². The Kier molecular flexibility index (Phi) is 5.67. The zero-order valence-electron chi connectivity index (χ0n) is 24.2. The van der Waals surface area contributed by atoms with E-state index in [0.29, 0.717) is 0 Å². The Morgan fingerprint density at radius 3 is 1.80 bits per heavy atom. The fourth-order valence-corrected chi connectivity index (χ4v) is 7.16. The van der Waals surface area contributed by atoms with Crippen LogP contribution in [0.1, 0.15) is 22.7 Å². The van der Waals surface area contributed by atoms with Crippen molar-refractivity contribution in [2.24, 2.45) is 0 Å². The van der Waals surface area contributed by atoms with Crippen LogP contribution >= 0.6 is 0 Å². The van der Waals surface area contributed by atoms with Gasteiger partial charge in [-0.15, -0.1) is 0 Å².